The first-order chi connectivity index (χ1) is 6.25. The van der Waals surface area contributed by atoms with Gasteiger partial charge in [0.2, 0.25) is 5.91 Å². The molecular weight excluding hydrogens is 166 g/mol. The second-order valence-electron chi connectivity index (χ2n) is 4.08. The monoisotopic (exact) mass is 183 g/mol. The van der Waals surface area contributed by atoms with Crippen molar-refractivity contribution < 1.29 is 4.79 Å². The predicted octanol–water partition coefficient (Wildman–Crippen LogP) is -0.831. The maximum atomic E-state index is 11.6. The number of likely N-dealkylation sites (N-methyl/N-ethyl adjacent to an activating group) is 1. The molecule has 2 N–H and O–H groups in total. The maximum Gasteiger partial charge on any atom is 0.237 e. The second-order valence-corrected chi connectivity index (χ2v) is 4.08. The van der Waals surface area contributed by atoms with Gasteiger partial charge >= 0.3 is 0 Å². The van der Waals surface area contributed by atoms with Crippen molar-refractivity contribution in [2.75, 3.05) is 26.7 Å². The van der Waals surface area contributed by atoms with Crippen LogP contribution in [0.5, 0.6) is 0 Å². The van der Waals surface area contributed by atoms with Gasteiger partial charge in [0.05, 0.1) is 12.1 Å². The Bertz CT molecular complexity index is 195. The van der Waals surface area contributed by atoms with E-state index < -0.39 is 0 Å². The van der Waals surface area contributed by atoms with Crippen molar-refractivity contribution in [3.05, 3.63) is 0 Å². The summed E-state index contributed by atoms with van der Waals surface area (Å²) >= 11 is 0. The Morgan fingerprint density at radius 1 is 1.54 bits per heavy atom. The Morgan fingerprint density at radius 3 is 2.85 bits per heavy atom. The molecule has 0 aromatic rings. The molecule has 0 aliphatic carbocycles. The van der Waals surface area contributed by atoms with Crippen LogP contribution in [0.3, 0.4) is 0 Å². The zero-order valence-corrected chi connectivity index (χ0v) is 8.05. The lowest BCUT2D eigenvalue weighted by Gasteiger charge is -2.37. The van der Waals surface area contributed by atoms with E-state index in [4.69, 9.17) is 0 Å². The molecule has 2 aliphatic heterocycles. The Hall–Kier alpha value is -0.610. The summed E-state index contributed by atoms with van der Waals surface area (Å²) in [4.78, 5) is 13.8. The number of hydrogen-bond donors (Lipinski definition) is 2. The molecule has 2 aliphatic rings. The molecular formula is C9H17N3O. The molecule has 0 unspecified atom stereocenters. The van der Waals surface area contributed by atoms with Crippen LogP contribution >= 0.6 is 0 Å². The minimum atomic E-state index is 0.0749. The topological polar surface area (TPSA) is 44.4 Å². The highest BCUT2D eigenvalue weighted by atomic mass is 16.2. The van der Waals surface area contributed by atoms with Crippen molar-refractivity contribution in [3.63, 3.8) is 0 Å². The molecule has 1 amide bonds. The molecule has 0 aromatic carbocycles. The van der Waals surface area contributed by atoms with E-state index in [2.05, 4.69) is 22.6 Å². The third kappa shape index (κ3) is 2.00. The van der Waals surface area contributed by atoms with Gasteiger partial charge in [0.15, 0.2) is 0 Å². The number of likely N-dealkylation sites (tertiary alicyclic amines) is 1. The van der Waals surface area contributed by atoms with Crippen molar-refractivity contribution in [3.8, 4) is 0 Å². The molecule has 0 bridgehead atoms. The standard InChI is InChI=1S/C9H17N3O/c1-12-5-7(6-12)11-9(13)8-3-2-4-10-8/h7-8,10H,2-6H2,1H3,(H,11,13)/t8-/m1/s1. The summed E-state index contributed by atoms with van der Waals surface area (Å²) in [6.07, 6.45) is 2.12. The molecule has 2 fully saturated rings. The fourth-order valence-corrected chi connectivity index (χ4v) is 2.00. The van der Waals surface area contributed by atoms with Crippen molar-refractivity contribution in [1.82, 2.24) is 15.5 Å². The van der Waals surface area contributed by atoms with E-state index >= 15 is 0 Å². The van der Waals surface area contributed by atoms with Crippen molar-refractivity contribution in [2.45, 2.75) is 24.9 Å². The smallest absolute Gasteiger partial charge is 0.237 e. The Kier molecular flexibility index (Phi) is 2.51. The van der Waals surface area contributed by atoms with Crippen LogP contribution in [-0.2, 0) is 4.79 Å². The lowest BCUT2D eigenvalue weighted by atomic mass is 10.1. The number of hydrogen-bond acceptors (Lipinski definition) is 3. The summed E-state index contributed by atoms with van der Waals surface area (Å²) in [6, 6.07) is 0.464. The van der Waals surface area contributed by atoms with Gasteiger partial charge in [0.25, 0.3) is 0 Å². The minimum Gasteiger partial charge on any atom is -0.349 e. The third-order valence-electron chi connectivity index (χ3n) is 2.79. The largest absolute Gasteiger partial charge is 0.349 e. The highest BCUT2D eigenvalue weighted by Crippen LogP contribution is 2.08. The van der Waals surface area contributed by atoms with E-state index in [9.17, 15) is 4.79 Å². The minimum absolute atomic E-state index is 0.0749. The van der Waals surface area contributed by atoms with Gasteiger partial charge in [-0.25, -0.2) is 0 Å². The molecule has 4 heteroatoms. The summed E-state index contributed by atoms with van der Waals surface area (Å²) < 4.78 is 0. The van der Waals surface area contributed by atoms with Gasteiger partial charge in [-0.3, -0.25) is 4.79 Å². The summed E-state index contributed by atoms with van der Waals surface area (Å²) in [5, 5.41) is 6.24. The van der Waals surface area contributed by atoms with Gasteiger partial charge in [-0.15, -0.1) is 0 Å². The van der Waals surface area contributed by atoms with Crippen molar-refractivity contribution in [2.24, 2.45) is 0 Å². The third-order valence-corrected chi connectivity index (χ3v) is 2.79. The van der Waals surface area contributed by atoms with Crippen LogP contribution in [0.4, 0.5) is 0 Å². The molecule has 74 valence electrons. The van der Waals surface area contributed by atoms with Crippen LogP contribution in [0.2, 0.25) is 0 Å². The van der Waals surface area contributed by atoms with E-state index in [-0.39, 0.29) is 11.9 Å². The molecule has 4 nitrogen and oxygen atoms in total. The van der Waals surface area contributed by atoms with E-state index in [1.54, 1.807) is 0 Å². The van der Waals surface area contributed by atoms with Crippen molar-refractivity contribution in [1.29, 1.82) is 0 Å². The molecule has 2 saturated heterocycles. The van der Waals surface area contributed by atoms with Gasteiger partial charge in [-0.1, -0.05) is 0 Å². The fourth-order valence-electron chi connectivity index (χ4n) is 2.00. The van der Waals surface area contributed by atoms with Crippen LogP contribution < -0.4 is 10.6 Å². The SMILES string of the molecule is CN1CC(NC(=O)[C@H]2CCCN2)C1. The number of carbonyl (C=O) groups is 1. The molecule has 2 rings (SSSR count). The van der Waals surface area contributed by atoms with Crippen LogP contribution in [0, 0.1) is 0 Å². The molecule has 2 heterocycles. The Labute approximate surface area is 78.7 Å². The summed E-state index contributed by atoms with van der Waals surface area (Å²) in [6.45, 7) is 2.99. The lowest BCUT2D eigenvalue weighted by molar-refractivity contribution is -0.124. The summed E-state index contributed by atoms with van der Waals surface area (Å²) in [5.74, 6) is 0.190. The average Bonchev–Trinajstić information content (AvgIpc) is 2.53. The van der Waals surface area contributed by atoms with E-state index in [0.29, 0.717) is 6.04 Å². The second kappa shape index (κ2) is 3.64. The number of carbonyl (C=O) groups excluding carboxylic acids is 1. The van der Waals surface area contributed by atoms with Crippen molar-refractivity contribution >= 4 is 5.91 Å². The molecule has 0 radical (unpaired) electrons. The predicted molar refractivity (Wildman–Crippen MR) is 50.5 cm³/mol. The molecule has 0 aromatic heterocycles. The highest BCUT2D eigenvalue weighted by Gasteiger charge is 2.28. The van der Waals surface area contributed by atoms with Crippen LogP contribution in [0.25, 0.3) is 0 Å². The van der Waals surface area contributed by atoms with Gasteiger partial charge in [-0.2, -0.15) is 0 Å². The van der Waals surface area contributed by atoms with E-state index in [1.165, 1.54) is 0 Å². The average molecular weight is 183 g/mol. The van der Waals surface area contributed by atoms with Gasteiger partial charge in [-0.05, 0) is 26.4 Å². The maximum absolute atomic E-state index is 11.6. The summed E-state index contributed by atoms with van der Waals surface area (Å²) in [7, 11) is 2.07. The van der Waals surface area contributed by atoms with Gasteiger partial charge < -0.3 is 15.5 Å². The van der Waals surface area contributed by atoms with Gasteiger partial charge in [0, 0.05) is 13.1 Å². The first kappa shape index (κ1) is 8.97. The molecule has 0 saturated carbocycles. The molecule has 0 spiro atoms. The quantitative estimate of drug-likeness (QED) is 0.587. The first-order valence-electron chi connectivity index (χ1n) is 4.98. The molecule has 1 atom stereocenters. The number of rotatable bonds is 2. The fraction of sp³-hybridized carbons (Fsp3) is 0.889. The zero-order valence-electron chi connectivity index (χ0n) is 8.05. The van der Waals surface area contributed by atoms with Gasteiger partial charge in [0.1, 0.15) is 0 Å². The normalized spacial score (nSPS) is 30.1. The number of amides is 1. The lowest BCUT2D eigenvalue weighted by Crippen LogP contribution is -2.59. The zero-order chi connectivity index (χ0) is 9.26. The summed E-state index contributed by atoms with van der Waals surface area (Å²) in [5.41, 5.74) is 0. The number of nitrogens with zero attached hydrogens (tertiary/aromatic N) is 1. The van der Waals surface area contributed by atoms with Crippen LogP contribution in [-0.4, -0.2) is 49.6 Å². The molecule has 13 heavy (non-hydrogen) atoms. The first-order valence-corrected chi connectivity index (χ1v) is 4.98. The van der Waals surface area contributed by atoms with E-state index in [0.717, 1.165) is 32.5 Å². The Balaban J connectivity index is 1.72. The van der Waals surface area contributed by atoms with E-state index in [1.807, 2.05) is 0 Å². The van der Waals surface area contributed by atoms with Crippen LogP contribution in [0.1, 0.15) is 12.8 Å². The Morgan fingerprint density at radius 2 is 2.31 bits per heavy atom. The van der Waals surface area contributed by atoms with Crippen LogP contribution in [0.15, 0.2) is 0 Å². The number of nitrogens with one attached hydrogen (secondary N) is 2. The highest BCUT2D eigenvalue weighted by molar-refractivity contribution is 5.82.